The Morgan fingerprint density at radius 2 is 1.77 bits per heavy atom. The fraction of sp³-hybridized carbons (Fsp3) is 0.211. The lowest BCUT2D eigenvalue weighted by atomic mass is 10.2. The van der Waals surface area contributed by atoms with E-state index in [1.807, 2.05) is 0 Å². The zero-order valence-electron chi connectivity index (χ0n) is 14.9. The second-order valence-electron chi connectivity index (χ2n) is 5.72. The lowest BCUT2D eigenvalue weighted by molar-refractivity contribution is 0.102. The van der Waals surface area contributed by atoms with Crippen molar-refractivity contribution in [2.45, 2.75) is 6.92 Å². The zero-order valence-corrected chi connectivity index (χ0v) is 14.9. The summed E-state index contributed by atoms with van der Waals surface area (Å²) in [5, 5.41) is 3.21. The zero-order chi connectivity index (χ0) is 18.8. The van der Waals surface area contributed by atoms with Gasteiger partial charge in [0.1, 0.15) is 17.3 Å². The molecule has 1 aromatic heterocycles. The molecule has 26 heavy (non-hydrogen) atoms. The average Bonchev–Trinajstić information content (AvgIpc) is 3.07. The van der Waals surface area contributed by atoms with Crippen LogP contribution in [0.25, 0.3) is 10.9 Å². The van der Waals surface area contributed by atoms with Crippen molar-refractivity contribution in [2.24, 2.45) is 0 Å². The Morgan fingerprint density at radius 3 is 2.38 bits per heavy atom. The molecule has 2 N–H and O–H groups in total. The number of amides is 1. The number of H-pyrrole nitrogens is 1. The van der Waals surface area contributed by atoms with Crippen LogP contribution in [0.2, 0.25) is 0 Å². The Morgan fingerprint density at radius 1 is 1.04 bits per heavy atom. The van der Waals surface area contributed by atoms with Gasteiger partial charge in [0.05, 0.1) is 32.5 Å². The molecule has 136 valence electrons. The van der Waals surface area contributed by atoms with Crippen LogP contribution >= 0.6 is 0 Å². The molecule has 2 aromatic carbocycles. The number of aromatic amines is 1. The maximum Gasteiger partial charge on any atom is 0.272 e. The van der Waals surface area contributed by atoms with Gasteiger partial charge in [0.15, 0.2) is 11.5 Å². The smallest absolute Gasteiger partial charge is 0.272 e. The van der Waals surface area contributed by atoms with E-state index in [2.05, 4.69) is 10.3 Å². The molecule has 6 nitrogen and oxygen atoms in total. The van der Waals surface area contributed by atoms with Gasteiger partial charge in [-0.25, -0.2) is 4.39 Å². The summed E-state index contributed by atoms with van der Waals surface area (Å²) in [6.45, 7) is 1.78. The highest BCUT2D eigenvalue weighted by Crippen LogP contribution is 2.41. The van der Waals surface area contributed by atoms with Crippen molar-refractivity contribution in [3.05, 3.63) is 47.4 Å². The maximum atomic E-state index is 14.0. The number of ether oxygens (including phenoxy) is 3. The van der Waals surface area contributed by atoms with Crippen molar-refractivity contribution in [3.8, 4) is 17.2 Å². The predicted molar refractivity (Wildman–Crippen MR) is 97.0 cm³/mol. The molecule has 0 aliphatic carbocycles. The van der Waals surface area contributed by atoms with Crippen LogP contribution in [0.1, 0.15) is 16.1 Å². The third kappa shape index (κ3) is 3.03. The minimum atomic E-state index is -0.494. The summed E-state index contributed by atoms with van der Waals surface area (Å²) in [6, 6.07) is 7.90. The van der Waals surface area contributed by atoms with Gasteiger partial charge in [-0.2, -0.15) is 0 Å². The lowest BCUT2D eigenvalue weighted by Crippen LogP contribution is -2.13. The fourth-order valence-electron chi connectivity index (χ4n) is 2.77. The Hall–Kier alpha value is -3.22. The first-order valence-corrected chi connectivity index (χ1v) is 7.87. The number of hydrogen-bond acceptors (Lipinski definition) is 4. The topological polar surface area (TPSA) is 72.6 Å². The highest BCUT2D eigenvalue weighted by Gasteiger charge is 2.20. The molecule has 1 amide bonds. The summed E-state index contributed by atoms with van der Waals surface area (Å²) < 4.78 is 30.0. The van der Waals surface area contributed by atoms with Gasteiger partial charge in [-0.1, -0.05) is 6.07 Å². The number of methoxy groups -OCH3 is 3. The van der Waals surface area contributed by atoms with Crippen LogP contribution in [-0.2, 0) is 0 Å². The highest BCUT2D eigenvalue weighted by molar-refractivity contribution is 6.08. The molecule has 0 saturated heterocycles. The number of carbonyl (C=O) groups excluding carboxylic acids is 1. The molecule has 7 heteroatoms. The van der Waals surface area contributed by atoms with Crippen molar-refractivity contribution < 1.29 is 23.4 Å². The van der Waals surface area contributed by atoms with E-state index in [9.17, 15) is 9.18 Å². The normalized spacial score (nSPS) is 10.7. The number of rotatable bonds is 5. The third-order valence-electron chi connectivity index (χ3n) is 4.06. The molecular formula is C19H19FN2O4. The summed E-state index contributed by atoms with van der Waals surface area (Å²) in [6.07, 6.45) is 0. The number of anilines is 1. The molecule has 0 aliphatic heterocycles. The molecule has 0 atom stereocenters. The van der Waals surface area contributed by atoms with Crippen molar-refractivity contribution in [2.75, 3.05) is 26.6 Å². The lowest BCUT2D eigenvalue weighted by Gasteiger charge is -2.11. The second-order valence-corrected chi connectivity index (χ2v) is 5.72. The van der Waals surface area contributed by atoms with Crippen LogP contribution < -0.4 is 19.5 Å². The largest absolute Gasteiger partial charge is 0.496 e. The number of nitrogens with one attached hydrogen (secondary N) is 2. The van der Waals surface area contributed by atoms with Crippen LogP contribution in [0, 0.1) is 12.7 Å². The van der Waals surface area contributed by atoms with E-state index in [0.29, 0.717) is 28.2 Å². The molecule has 0 saturated carbocycles. The molecule has 0 bridgehead atoms. The molecule has 3 rings (SSSR count). The molecule has 0 radical (unpaired) electrons. The summed E-state index contributed by atoms with van der Waals surface area (Å²) in [4.78, 5) is 15.5. The van der Waals surface area contributed by atoms with Gasteiger partial charge in [-0.05, 0) is 30.7 Å². The summed E-state index contributed by atoms with van der Waals surface area (Å²) in [7, 11) is 4.54. The van der Waals surface area contributed by atoms with Crippen molar-refractivity contribution in [1.82, 2.24) is 4.98 Å². The number of halogens is 1. The Kier molecular flexibility index (Phi) is 4.71. The van der Waals surface area contributed by atoms with E-state index in [1.165, 1.54) is 33.5 Å². The van der Waals surface area contributed by atoms with Gasteiger partial charge < -0.3 is 24.5 Å². The van der Waals surface area contributed by atoms with E-state index in [-0.39, 0.29) is 11.4 Å². The average molecular weight is 358 g/mol. The minimum absolute atomic E-state index is 0.107. The molecule has 3 aromatic rings. The number of aryl methyl sites for hydroxylation is 1. The van der Waals surface area contributed by atoms with Crippen molar-refractivity contribution in [1.29, 1.82) is 0 Å². The van der Waals surface area contributed by atoms with E-state index < -0.39 is 11.7 Å². The van der Waals surface area contributed by atoms with Crippen LogP contribution in [0.15, 0.2) is 30.3 Å². The Bertz CT molecular complexity index is 981. The molecule has 0 unspecified atom stereocenters. The maximum absolute atomic E-state index is 14.0. The van der Waals surface area contributed by atoms with Gasteiger partial charge in [0, 0.05) is 11.5 Å². The molecule has 0 aliphatic rings. The standard InChI is InChI=1S/C19H19FN2O4/c1-10-5-6-13(12(20)7-10)22-19(23)14-8-11-15(24-2)9-16(25-3)18(26-4)17(11)21-14/h5-9,21H,1-4H3,(H,22,23). The van der Waals surface area contributed by atoms with Gasteiger partial charge in [0.2, 0.25) is 0 Å². The first kappa shape index (κ1) is 17.6. The quantitative estimate of drug-likeness (QED) is 0.726. The van der Waals surface area contributed by atoms with Crippen LogP contribution in [-0.4, -0.2) is 32.2 Å². The number of fused-ring (bicyclic) bond motifs is 1. The van der Waals surface area contributed by atoms with Gasteiger partial charge in [0.25, 0.3) is 5.91 Å². The Balaban J connectivity index is 2.04. The van der Waals surface area contributed by atoms with Crippen LogP contribution in [0.3, 0.4) is 0 Å². The van der Waals surface area contributed by atoms with E-state index >= 15 is 0 Å². The van der Waals surface area contributed by atoms with Crippen LogP contribution in [0.4, 0.5) is 10.1 Å². The highest BCUT2D eigenvalue weighted by atomic mass is 19.1. The SMILES string of the molecule is COc1cc(OC)c2cc(C(=O)Nc3ccc(C)cc3F)[nH]c2c1OC. The molecule has 0 fully saturated rings. The van der Waals surface area contributed by atoms with Gasteiger partial charge >= 0.3 is 0 Å². The summed E-state index contributed by atoms with van der Waals surface area (Å²) in [5.74, 6) is 0.465. The number of carbonyl (C=O) groups is 1. The van der Waals surface area contributed by atoms with E-state index in [1.54, 1.807) is 25.1 Å². The molecule has 1 heterocycles. The molecule has 0 spiro atoms. The van der Waals surface area contributed by atoms with Crippen molar-refractivity contribution in [3.63, 3.8) is 0 Å². The monoisotopic (exact) mass is 358 g/mol. The van der Waals surface area contributed by atoms with E-state index in [0.717, 1.165) is 5.56 Å². The number of aromatic nitrogens is 1. The van der Waals surface area contributed by atoms with E-state index in [4.69, 9.17) is 14.2 Å². The number of benzene rings is 2. The summed E-state index contributed by atoms with van der Waals surface area (Å²) in [5.41, 5.74) is 1.67. The first-order valence-electron chi connectivity index (χ1n) is 7.87. The van der Waals surface area contributed by atoms with Crippen molar-refractivity contribution >= 4 is 22.5 Å². The third-order valence-corrected chi connectivity index (χ3v) is 4.06. The predicted octanol–water partition coefficient (Wildman–Crippen LogP) is 3.89. The Labute approximate surface area is 149 Å². The van der Waals surface area contributed by atoms with Crippen LogP contribution in [0.5, 0.6) is 17.2 Å². The van der Waals surface area contributed by atoms with Gasteiger partial charge in [-0.15, -0.1) is 0 Å². The second kappa shape index (κ2) is 6.95. The number of hydrogen-bond donors (Lipinski definition) is 2. The van der Waals surface area contributed by atoms with Gasteiger partial charge in [-0.3, -0.25) is 4.79 Å². The molecular weight excluding hydrogens is 339 g/mol. The minimum Gasteiger partial charge on any atom is -0.496 e. The fourth-order valence-corrected chi connectivity index (χ4v) is 2.77. The summed E-state index contributed by atoms with van der Waals surface area (Å²) >= 11 is 0. The first-order chi connectivity index (χ1) is 12.5.